The van der Waals surface area contributed by atoms with Crippen molar-refractivity contribution in [2.24, 2.45) is 16.8 Å². The molecule has 7 nitrogen and oxygen atoms in total. The predicted molar refractivity (Wildman–Crippen MR) is 103 cm³/mol. The smallest absolute Gasteiger partial charge is 0.190 e. The molecular formula is C19H37N3O4. The quantitative estimate of drug-likeness (QED) is 0.307. The molecule has 2 saturated heterocycles. The summed E-state index contributed by atoms with van der Waals surface area (Å²) in [6.07, 6.45) is 5.35. The monoisotopic (exact) mass is 371 g/mol. The highest BCUT2D eigenvalue weighted by Crippen LogP contribution is 2.14. The third-order valence-electron chi connectivity index (χ3n) is 4.81. The molecule has 26 heavy (non-hydrogen) atoms. The fourth-order valence-corrected chi connectivity index (χ4v) is 3.11. The summed E-state index contributed by atoms with van der Waals surface area (Å²) in [5, 5.41) is 6.65. The Kier molecular flexibility index (Phi) is 11.7. The van der Waals surface area contributed by atoms with Gasteiger partial charge in [0.2, 0.25) is 0 Å². The van der Waals surface area contributed by atoms with Crippen molar-refractivity contribution in [1.29, 1.82) is 0 Å². The van der Waals surface area contributed by atoms with Crippen molar-refractivity contribution >= 4 is 5.96 Å². The van der Waals surface area contributed by atoms with E-state index in [1.54, 1.807) is 7.05 Å². The Hall–Kier alpha value is -0.890. The van der Waals surface area contributed by atoms with E-state index < -0.39 is 0 Å². The molecule has 0 radical (unpaired) electrons. The number of nitrogens with zero attached hydrogens (tertiary/aromatic N) is 1. The molecule has 0 spiro atoms. The summed E-state index contributed by atoms with van der Waals surface area (Å²) < 4.78 is 22.2. The number of rotatable bonds is 12. The number of aliphatic imine (C=N–C) groups is 1. The predicted octanol–water partition coefficient (Wildman–Crippen LogP) is 1.43. The van der Waals surface area contributed by atoms with Gasteiger partial charge in [0, 0.05) is 65.7 Å². The molecule has 1 unspecified atom stereocenters. The third-order valence-corrected chi connectivity index (χ3v) is 4.81. The molecule has 2 rings (SSSR count). The van der Waals surface area contributed by atoms with Gasteiger partial charge in [-0.15, -0.1) is 0 Å². The fraction of sp³-hybridized carbons (Fsp3) is 0.947. The van der Waals surface area contributed by atoms with E-state index in [9.17, 15) is 0 Å². The summed E-state index contributed by atoms with van der Waals surface area (Å²) in [6, 6.07) is 0. The fourth-order valence-electron chi connectivity index (χ4n) is 3.11. The minimum Gasteiger partial charge on any atom is -0.381 e. The van der Waals surface area contributed by atoms with Gasteiger partial charge in [0.15, 0.2) is 5.96 Å². The highest BCUT2D eigenvalue weighted by molar-refractivity contribution is 5.79. The highest BCUT2D eigenvalue weighted by atomic mass is 16.5. The van der Waals surface area contributed by atoms with Gasteiger partial charge in [-0.2, -0.15) is 0 Å². The lowest BCUT2D eigenvalue weighted by molar-refractivity contribution is 0.0203. The first kappa shape index (κ1) is 21.4. The molecule has 2 heterocycles. The van der Waals surface area contributed by atoms with E-state index in [2.05, 4.69) is 15.6 Å². The molecule has 0 bridgehead atoms. The van der Waals surface area contributed by atoms with Crippen molar-refractivity contribution in [1.82, 2.24) is 10.6 Å². The molecule has 0 aromatic carbocycles. The lowest BCUT2D eigenvalue weighted by Crippen LogP contribution is -2.38. The number of ether oxygens (including phenoxy) is 4. The zero-order valence-corrected chi connectivity index (χ0v) is 16.3. The Morgan fingerprint density at radius 2 is 1.46 bits per heavy atom. The van der Waals surface area contributed by atoms with Crippen molar-refractivity contribution in [2.75, 3.05) is 73.0 Å². The van der Waals surface area contributed by atoms with Crippen LogP contribution in [0.1, 0.15) is 32.1 Å². The summed E-state index contributed by atoms with van der Waals surface area (Å²) in [5.74, 6) is 2.11. The summed E-state index contributed by atoms with van der Waals surface area (Å²) in [7, 11) is 1.80. The summed E-state index contributed by atoms with van der Waals surface area (Å²) in [4.78, 5) is 4.24. The molecule has 0 amide bonds. The van der Waals surface area contributed by atoms with Gasteiger partial charge in [-0.1, -0.05) is 0 Å². The largest absolute Gasteiger partial charge is 0.381 e. The van der Waals surface area contributed by atoms with E-state index in [0.717, 1.165) is 104 Å². The van der Waals surface area contributed by atoms with Crippen LogP contribution in [-0.4, -0.2) is 79.0 Å². The van der Waals surface area contributed by atoms with Crippen LogP contribution >= 0.6 is 0 Å². The van der Waals surface area contributed by atoms with Gasteiger partial charge in [-0.05, 0) is 38.0 Å². The normalized spacial score (nSPS) is 21.9. The van der Waals surface area contributed by atoms with Gasteiger partial charge in [-0.25, -0.2) is 0 Å². The molecule has 2 N–H and O–H groups in total. The topological polar surface area (TPSA) is 73.3 Å². The van der Waals surface area contributed by atoms with E-state index in [1.165, 1.54) is 0 Å². The number of hydrogen-bond acceptors (Lipinski definition) is 5. The first-order valence-corrected chi connectivity index (χ1v) is 10.1. The molecule has 7 heteroatoms. The minimum atomic E-state index is 0.589. The molecule has 1 atom stereocenters. The second kappa shape index (κ2) is 14.2. The van der Waals surface area contributed by atoms with Crippen molar-refractivity contribution in [3.05, 3.63) is 0 Å². The molecule has 0 saturated carbocycles. The van der Waals surface area contributed by atoms with Crippen LogP contribution in [0.25, 0.3) is 0 Å². The van der Waals surface area contributed by atoms with E-state index in [0.29, 0.717) is 11.8 Å². The zero-order chi connectivity index (χ0) is 18.3. The molecule has 152 valence electrons. The first-order valence-electron chi connectivity index (χ1n) is 10.1. The third kappa shape index (κ3) is 9.71. The Morgan fingerprint density at radius 1 is 0.885 bits per heavy atom. The van der Waals surface area contributed by atoms with Gasteiger partial charge >= 0.3 is 0 Å². The molecule has 2 aliphatic heterocycles. The number of hydrogen-bond donors (Lipinski definition) is 2. The lowest BCUT2D eigenvalue weighted by Gasteiger charge is -2.21. The van der Waals surface area contributed by atoms with Gasteiger partial charge in [0.25, 0.3) is 0 Å². The highest BCUT2D eigenvalue weighted by Gasteiger charge is 2.15. The van der Waals surface area contributed by atoms with Crippen LogP contribution in [0.2, 0.25) is 0 Å². The van der Waals surface area contributed by atoms with Crippen LogP contribution in [0.4, 0.5) is 0 Å². The second-order valence-electron chi connectivity index (χ2n) is 7.07. The zero-order valence-electron chi connectivity index (χ0n) is 16.3. The van der Waals surface area contributed by atoms with Crippen LogP contribution in [0.15, 0.2) is 4.99 Å². The van der Waals surface area contributed by atoms with Gasteiger partial charge in [0.1, 0.15) is 0 Å². The van der Waals surface area contributed by atoms with E-state index >= 15 is 0 Å². The maximum absolute atomic E-state index is 5.77. The maximum atomic E-state index is 5.77. The van der Waals surface area contributed by atoms with Gasteiger partial charge in [0.05, 0.1) is 13.2 Å². The number of nitrogens with one attached hydrogen (secondary N) is 2. The van der Waals surface area contributed by atoms with Crippen molar-refractivity contribution in [3.8, 4) is 0 Å². The Labute approximate surface area is 158 Å². The van der Waals surface area contributed by atoms with E-state index in [4.69, 9.17) is 18.9 Å². The second-order valence-corrected chi connectivity index (χ2v) is 7.07. The van der Waals surface area contributed by atoms with Gasteiger partial charge < -0.3 is 29.6 Å². The SMILES string of the molecule is CN=C(NCCCOCC1CCOCC1)NCCCOCC1CCOC1. The van der Waals surface area contributed by atoms with E-state index in [-0.39, 0.29) is 0 Å². The Balaban J connectivity index is 1.36. The van der Waals surface area contributed by atoms with Crippen LogP contribution in [-0.2, 0) is 18.9 Å². The summed E-state index contributed by atoms with van der Waals surface area (Å²) in [6.45, 7) is 8.50. The Bertz CT molecular complexity index is 370. The standard InChI is InChI=1S/C19H37N3O4/c1-20-19(22-8-3-10-25-15-18-6-13-26-16-18)21-7-2-9-24-14-17-4-11-23-12-5-17/h17-18H,2-16H2,1H3,(H2,20,21,22). The van der Waals surface area contributed by atoms with Crippen LogP contribution < -0.4 is 10.6 Å². The minimum absolute atomic E-state index is 0.589. The van der Waals surface area contributed by atoms with Gasteiger partial charge in [-0.3, -0.25) is 4.99 Å². The van der Waals surface area contributed by atoms with Crippen molar-refractivity contribution < 1.29 is 18.9 Å². The molecule has 2 aliphatic rings. The first-order chi connectivity index (χ1) is 12.9. The summed E-state index contributed by atoms with van der Waals surface area (Å²) in [5.41, 5.74) is 0. The molecule has 2 fully saturated rings. The van der Waals surface area contributed by atoms with E-state index in [1.807, 2.05) is 0 Å². The van der Waals surface area contributed by atoms with Crippen molar-refractivity contribution in [3.63, 3.8) is 0 Å². The molecule has 0 aromatic heterocycles. The Morgan fingerprint density at radius 3 is 2.04 bits per heavy atom. The van der Waals surface area contributed by atoms with Crippen molar-refractivity contribution in [2.45, 2.75) is 32.1 Å². The van der Waals surface area contributed by atoms with Crippen LogP contribution in [0.3, 0.4) is 0 Å². The van der Waals surface area contributed by atoms with Crippen LogP contribution in [0.5, 0.6) is 0 Å². The maximum Gasteiger partial charge on any atom is 0.190 e. The average Bonchev–Trinajstić information content (AvgIpc) is 3.19. The van der Waals surface area contributed by atoms with Crippen LogP contribution in [0, 0.1) is 11.8 Å². The lowest BCUT2D eigenvalue weighted by atomic mass is 10.0. The summed E-state index contributed by atoms with van der Waals surface area (Å²) >= 11 is 0. The molecule has 0 aromatic rings. The molecule has 0 aliphatic carbocycles. The molecular weight excluding hydrogens is 334 g/mol. The number of guanidine groups is 1. The average molecular weight is 372 g/mol.